The molecule has 0 bridgehead atoms. The maximum atomic E-state index is 12.4. The first-order valence-corrected chi connectivity index (χ1v) is 8.47. The second-order valence-electron chi connectivity index (χ2n) is 8.18. The van der Waals surface area contributed by atoms with Crippen LogP contribution in [0.1, 0.15) is 60.4 Å². The van der Waals surface area contributed by atoms with Crippen molar-refractivity contribution in [2.45, 2.75) is 45.3 Å². The van der Waals surface area contributed by atoms with Gasteiger partial charge in [0.15, 0.2) is 6.29 Å². The van der Waals surface area contributed by atoms with E-state index in [2.05, 4.69) is 0 Å². The molecular weight excluding hydrogens is 340 g/mol. The van der Waals surface area contributed by atoms with E-state index in [0.717, 1.165) is 0 Å². The minimum atomic E-state index is -1.30. The number of carbonyl (C=O) groups excluding carboxylic acids is 2. The number of carbonyl (C=O) groups is 3. The van der Waals surface area contributed by atoms with Crippen molar-refractivity contribution in [2.24, 2.45) is 5.41 Å². The highest BCUT2D eigenvalue weighted by atomic mass is 16.6. The smallest absolute Gasteiger partial charge is 0.410 e. The largest absolute Gasteiger partial charge is 0.478 e. The Bertz CT molecular complexity index is 821. The molecule has 8 heteroatoms. The highest BCUT2D eigenvalue weighted by Gasteiger charge is 2.55. The average molecular weight is 362 g/mol. The van der Waals surface area contributed by atoms with Gasteiger partial charge in [0.25, 0.3) is 5.56 Å². The Kier molecular flexibility index (Phi) is 4.17. The number of ether oxygens (including phenoxy) is 1. The molecular formula is C18H22N2O6. The molecule has 1 saturated carbocycles. The van der Waals surface area contributed by atoms with Gasteiger partial charge in [-0.1, -0.05) is 0 Å². The molecule has 1 spiro atoms. The number of carboxylic acid groups (broad SMARTS) is 1. The number of carboxylic acids is 1. The fourth-order valence-electron chi connectivity index (χ4n) is 3.77. The third-order valence-electron chi connectivity index (χ3n) is 4.94. The molecule has 1 aliphatic carbocycles. The molecule has 1 aromatic rings. The summed E-state index contributed by atoms with van der Waals surface area (Å²) in [5, 5.41) is 9.06. The first-order valence-electron chi connectivity index (χ1n) is 8.47. The van der Waals surface area contributed by atoms with E-state index in [1.165, 1.54) is 16.8 Å². The minimum Gasteiger partial charge on any atom is -0.478 e. The summed E-state index contributed by atoms with van der Waals surface area (Å²) in [6.07, 6.45) is 2.80. The number of aldehydes is 1. The number of aromatic nitrogens is 1. The first kappa shape index (κ1) is 18.2. The highest BCUT2D eigenvalue weighted by Crippen LogP contribution is 2.53. The second kappa shape index (κ2) is 5.96. The van der Waals surface area contributed by atoms with Crippen LogP contribution in [0.15, 0.2) is 17.1 Å². The molecule has 140 valence electrons. The van der Waals surface area contributed by atoms with E-state index < -0.39 is 17.1 Å². The van der Waals surface area contributed by atoms with Crippen LogP contribution >= 0.6 is 0 Å². The summed E-state index contributed by atoms with van der Waals surface area (Å²) in [4.78, 5) is 48.3. The molecule has 1 aromatic heterocycles. The molecule has 0 aromatic carbocycles. The molecule has 1 N–H and O–H groups in total. The van der Waals surface area contributed by atoms with Gasteiger partial charge in [0.1, 0.15) is 5.60 Å². The predicted molar refractivity (Wildman–Crippen MR) is 91.6 cm³/mol. The van der Waals surface area contributed by atoms with Crippen molar-refractivity contribution in [1.82, 2.24) is 9.47 Å². The maximum Gasteiger partial charge on any atom is 0.410 e. The van der Waals surface area contributed by atoms with E-state index in [1.807, 2.05) is 20.8 Å². The van der Waals surface area contributed by atoms with Gasteiger partial charge in [0.2, 0.25) is 0 Å². The van der Waals surface area contributed by atoms with E-state index in [1.54, 1.807) is 4.90 Å². The zero-order valence-electron chi connectivity index (χ0n) is 15.0. The average Bonchev–Trinajstić information content (AvgIpc) is 2.43. The van der Waals surface area contributed by atoms with Gasteiger partial charge in [-0.15, -0.1) is 0 Å². The number of nitrogens with zero attached hydrogens (tertiary/aromatic N) is 2. The number of likely N-dealkylation sites (tertiary alicyclic amines) is 1. The van der Waals surface area contributed by atoms with Crippen LogP contribution in [0.3, 0.4) is 0 Å². The molecule has 1 amide bonds. The van der Waals surface area contributed by atoms with Crippen LogP contribution in [0.25, 0.3) is 0 Å². The predicted octanol–water partition coefficient (Wildman–Crippen LogP) is 1.93. The normalized spacial score (nSPS) is 18.8. The summed E-state index contributed by atoms with van der Waals surface area (Å²) in [5.41, 5.74) is -1.75. The van der Waals surface area contributed by atoms with E-state index >= 15 is 0 Å². The van der Waals surface area contributed by atoms with Gasteiger partial charge in [0, 0.05) is 30.7 Å². The molecule has 2 fully saturated rings. The molecule has 2 aliphatic rings. The lowest BCUT2D eigenvalue weighted by Gasteiger charge is -2.58. The molecule has 0 radical (unpaired) electrons. The highest BCUT2D eigenvalue weighted by molar-refractivity contribution is 5.96. The zero-order chi connectivity index (χ0) is 19.3. The third-order valence-corrected chi connectivity index (χ3v) is 4.94. The summed E-state index contributed by atoms with van der Waals surface area (Å²) < 4.78 is 6.77. The molecule has 8 nitrogen and oxygen atoms in total. The first-order chi connectivity index (χ1) is 12.1. The van der Waals surface area contributed by atoms with Crippen LogP contribution in [0.5, 0.6) is 0 Å². The molecule has 2 heterocycles. The Balaban J connectivity index is 1.65. The fraction of sp³-hybridized carbons (Fsp3) is 0.556. The fourth-order valence-corrected chi connectivity index (χ4v) is 3.77. The van der Waals surface area contributed by atoms with Crippen molar-refractivity contribution in [1.29, 1.82) is 0 Å². The van der Waals surface area contributed by atoms with Crippen molar-refractivity contribution in [2.75, 3.05) is 13.1 Å². The van der Waals surface area contributed by atoms with Crippen molar-refractivity contribution in [3.05, 3.63) is 33.7 Å². The van der Waals surface area contributed by atoms with E-state index in [-0.39, 0.29) is 28.7 Å². The van der Waals surface area contributed by atoms with Gasteiger partial charge in [0.05, 0.1) is 11.1 Å². The van der Waals surface area contributed by atoms with Crippen molar-refractivity contribution in [3.8, 4) is 0 Å². The third kappa shape index (κ3) is 3.11. The zero-order valence-corrected chi connectivity index (χ0v) is 15.0. The Hall–Kier alpha value is -2.64. The van der Waals surface area contributed by atoms with E-state index in [0.29, 0.717) is 32.2 Å². The van der Waals surface area contributed by atoms with Crippen LogP contribution in [-0.4, -0.2) is 51.6 Å². The van der Waals surface area contributed by atoms with Crippen LogP contribution in [0.4, 0.5) is 4.79 Å². The number of aromatic carboxylic acids is 1. The van der Waals surface area contributed by atoms with Crippen LogP contribution in [-0.2, 0) is 4.74 Å². The number of rotatable bonds is 3. The van der Waals surface area contributed by atoms with Gasteiger partial charge >= 0.3 is 12.1 Å². The topological polar surface area (TPSA) is 106 Å². The number of pyridine rings is 1. The van der Waals surface area contributed by atoms with Crippen molar-refractivity contribution < 1.29 is 24.2 Å². The maximum absolute atomic E-state index is 12.4. The van der Waals surface area contributed by atoms with E-state index in [9.17, 15) is 19.2 Å². The lowest BCUT2D eigenvalue weighted by Crippen LogP contribution is -2.64. The SMILES string of the molecule is CC(C)(C)OC(=O)N1CC2(CC(n3ccc(C(=O)O)c(C=O)c3=O)C2)C1. The number of hydrogen-bond acceptors (Lipinski definition) is 5. The van der Waals surface area contributed by atoms with Gasteiger partial charge in [-0.05, 0) is 39.7 Å². The molecule has 3 rings (SSSR count). The Morgan fingerprint density at radius 1 is 1.31 bits per heavy atom. The summed E-state index contributed by atoms with van der Waals surface area (Å²) in [6.45, 7) is 6.62. The van der Waals surface area contributed by atoms with Gasteiger partial charge < -0.3 is 19.3 Å². The van der Waals surface area contributed by atoms with Crippen molar-refractivity contribution >= 4 is 18.3 Å². The van der Waals surface area contributed by atoms with Crippen molar-refractivity contribution in [3.63, 3.8) is 0 Å². The minimum absolute atomic E-state index is 0.0200. The molecule has 0 atom stereocenters. The summed E-state index contributed by atoms with van der Waals surface area (Å²) in [5.74, 6) is -1.30. The van der Waals surface area contributed by atoms with Crippen LogP contribution in [0, 0.1) is 5.41 Å². The lowest BCUT2D eigenvalue weighted by molar-refractivity contribution is -0.0913. The lowest BCUT2D eigenvalue weighted by atomic mass is 9.60. The van der Waals surface area contributed by atoms with Gasteiger partial charge in [-0.3, -0.25) is 9.59 Å². The standard InChI is InChI=1S/C18H22N2O6/c1-17(2,3)26-16(25)19-9-18(10-19)6-11(7-18)20-5-4-12(15(23)24)13(8-21)14(20)22/h4-5,8,11H,6-7,9-10H2,1-3H3,(H,23,24). The second-order valence-corrected chi connectivity index (χ2v) is 8.18. The number of amides is 1. The van der Waals surface area contributed by atoms with Crippen LogP contribution in [0.2, 0.25) is 0 Å². The molecule has 1 aliphatic heterocycles. The van der Waals surface area contributed by atoms with Crippen LogP contribution < -0.4 is 5.56 Å². The Morgan fingerprint density at radius 3 is 2.42 bits per heavy atom. The monoisotopic (exact) mass is 362 g/mol. The van der Waals surface area contributed by atoms with Gasteiger partial charge in [-0.2, -0.15) is 0 Å². The Labute approximate surface area is 150 Å². The summed E-state index contributed by atoms with van der Waals surface area (Å²) in [6, 6.07) is 1.19. The van der Waals surface area contributed by atoms with E-state index in [4.69, 9.17) is 9.84 Å². The quantitative estimate of drug-likeness (QED) is 0.824. The van der Waals surface area contributed by atoms with Gasteiger partial charge in [-0.25, -0.2) is 9.59 Å². The molecule has 1 saturated heterocycles. The Morgan fingerprint density at radius 2 is 1.92 bits per heavy atom. The number of hydrogen-bond donors (Lipinski definition) is 1. The molecule has 26 heavy (non-hydrogen) atoms. The summed E-state index contributed by atoms with van der Waals surface area (Å²) in [7, 11) is 0. The molecule has 0 unspecified atom stereocenters. The summed E-state index contributed by atoms with van der Waals surface area (Å²) >= 11 is 0.